The Hall–Kier alpha value is -2.82. The zero-order chi connectivity index (χ0) is 14.8. The highest BCUT2D eigenvalue weighted by Gasteiger charge is 2.05. The van der Waals surface area contributed by atoms with E-state index in [2.05, 4.69) is 9.97 Å². The van der Waals surface area contributed by atoms with Crippen LogP contribution >= 0.6 is 0 Å². The molecule has 1 aromatic heterocycles. The van der Waals surface area contributed by atoms with Crippen molar-refractivity contribution in [3.8, 4) is 5.75 Å². The second kappa shape index (κ2) is 5.28. The fourth-order valence-corrected chi connectivity index (χ4v) is 2.31. The number of nitrogens with two attached hydrogens (primary N) is 2. The molecule has 0 aliphatic rings. The lowest BCUT2D eigenvalue weighted by molar-refractivity contribution is 0.414. The SMILES string of the molecule is COc1ccc(Cc2ccc3nc(N)nc(N)c3c2)cc1. The van der Waals surface area contributed by atoms with Crippen molar-refractivity contribution in [2.75, 3.05) is 18.6 Å². The Morgan fingerprint density at radius 3 is 2.38 bits per heavy atom. The number of aromatic nitrogens is 2. The largest absolute Gasteiger partial charge is 0.497 e. The molecule has 0 bridgehead atoms. The molecule has 0 saturated carbocycles. The summed E-state index contributed by atoms with van der Waals surface area (Å²) in [6.45, 7) is 0. The van der Waals surface area contributed by atoms with Gasteiger partial charge in [-0.1, -0.05) is 18.2 Å². The van der Waals surface area contributed by atoms with Gasteiger partial charge >= 0.3 is 0 Å². The van der Waals surface area contributed by atoms with Crippen molar-refractivity contribution in [1.29, 1.82) is 0 Å². The van der Waals surface area contributed by atoms with Gasteiger partial charge < -0.3 is 16.2 Å². The second-order valence-electron chi connectivity index (χ2n) is 4.84. The van der Waals surface area contributed by atoms with Gasteiger partial charge in [0.2, 0.25) is 5.95 Å². The van der Waals surface area contributed by atoms with Crippen molar-refractivity contribution in [2.24, 2.45) is 0 Å². The zero-order valence-corrected chi connectivity index (χ0v) is 11.7. The van der Waals surface area contributed by atoms with Crippen molar-refractivity contribution < 1.29 is 4.74 Å². The molecule has 0 aliphatic heterocycles. The fraction of sp³-hybridized carbons (Fsp3) is 0.125. The molecule has 0 radical (unpaired) electrons. The van der Waals surface area contributed by atoms with E-state index in [0.717, 1.165) is 28.6 Å². The molecule has 4 N–H and O–H groups in total. The summed E-state index contributed by atoms with van der Waals surface area (Å²) in [5.74, 6) is 1.46. The van der Waals surface area contributed by atoms with Gasteiger partial charge in [-0.3, -0.25) is 0 Å². The van der Waals surface area contributed by atoms with E-state index in [9.17, 15) is 0 Å². The lowest BCUT2D eigenvalue weighted by Gasteiger charge is -2.07. The first-order chi connectivity index (χ1) is 10.2. The molecule has 21 heavy (non-hydrogen) atoms. The van der Waals surface area contributed by atoms with Crippen LogP contribution in [0.3, 0.4) is 0 Å². The number of benzene rings is 2. The molecule has 0 aliphatic carbocycles. The maximum absolute atomic E-state index is 5.91. The summed E-state index contributed by atoms with van der Waals surface area (Å²) in [7, 11) is 1.66. The van der Waals surface area contributed by atoms with Crippen molar-refractivity contribution in [2.45, 2.75) is 6.42 Å². The molecule has 0 saturated heterocycles. The highest BCUT2D eigenvalue weighted by molar-refractivity contribution is 5.89. The first-order valence-corrected chi connectivity index (χ1v) is 6.60. The Labute approximate surface area is 122 Å². The molecule has 0 atom stereocenters. The molecular formula is C16H16N4O. The predicted molar refractivity (Wildman–Crippen MR) is 84.2 cm³/mol. The molecule has 0 fully saturated rings. The molecule has 5 nitrogen and oxygen atoms in total. The van der Waals surface area contributed by atoms with Crippen LogP contribution in [0, 0.1) is 0 Å². The van der Waals surface area contributed by atoms with Crippen LogP contribution in [-0.4, -0.2) is 17.1 Å². The third-order valence-electron chi connectivity index (χ3n) is 3.37. The van der Waals surface area contributed by atoms with Crippen LogP contribution in [0.25, 0.3) is 10.9 Å². The summed E-state index contributed by atoms with van der Waals surface area (Å²) in [4.78, 5) is 8.18. The third-order valence-corrected chi connectivity index (χ3v) is 3.37. The Balaban J connectivity index is 1.93. The normalized spacial score (nSPS) is 10.7. The highest BCUT2D eigenvalue weighted by Crippen LogP contribution is 2.22. The number of ether oxygens (including phenoxy) is 1. The van der Waals surface area contributed by atoms with E-state index in [4.69, 9.17) is 16.2 Å². The van der Waals surface area contributed by atoms with E-state index in [0.29, 0.717) is 5.82 Å². The molecule has 2 aromatic carbocycles. The van der Waals surface area contributed by atoms with Crippen LogP contribution < -0.4 is 16.2 Å². The minimum absolute atomic E-state index is 0.197. The van der Waals surface area contributed by atoms with Crippen LogP contribution in [-0.2, 0) is 6.42 Å². The first kappa shape index (κ1) is 13.2. The Morgan fingerprint density at radius 2 is 1.67 bits per heavy atom. The van der Waals surface area contributed by atoms with Gasteiger partial charge in [-0.05, 0) is 41.8 Å². The minimum atomic E-state index is 0.197. The minimum Gasteiger partial charge on any atom is -0.497 e. The molecule has 0 amide bonds. The van der Waals surface area contributed by atoms with E-state index >= 15 is 0 Å². The number of rotatable bonds is 3. The van der Waals surface area contributed by atoms with Crippen LogP contribution in [0.4, 0.5) is 11.8 Å². The standard InChI is InChI=1S/C16H16N4O/c1-21-12-5-2-10(3-6-12)8-11-4-7-14-13(9-11)15(17)20-16(18)19-14/h2-7,9H,8H2,1H3,(H4,17,18,19,20). The van der Waals surface area contributed by atoms with Crippen LogP contribution in [0.1, 0.15) is 11.1 Å². The molecule has 3 rings (SSSR count). The maximum Gasteiger partial charge on any atom is 0.222 e. The van der Waals surface area contributed by atoms with Gasteiger partial charge in [-0.25, -0.2) is 4.98 Å². The number of nitrogens with zero attached hydrogens (tertiary/aromatic N) is 2. The van der Waals surface area contributed by atoms with Gasteiger partial charge in [0.25, 0.3) is 0 Å². The van der Waals surface area contributed by atoms with Crippen molar-refractivity contribution in [3.05, 3.63) is 53.6 Å². The molecule has 106 valence electrons. The van der Waals surface area contributed by atoms with Gasteiger partial charge in [0.1, 0.15) is 11.6 Å². The average Bonchev–Trinajstić information content (AvgIpc) is 2.48. The number of nitrogen functional groups attached to an aromatic ring is 2. The summed E-state index contributed by atoms with van der Waals surface area (Å²) in [6, 6.07) is 14.0. The van der Waals surface area contributed by atoms with E-state index < -0.39 is 0 Å². The number of anilines is 2. The number of methoxy groups -OCH3 is 1. The van der Waals surface area contributed by atoms with Crippen molar-refractivity contribution >= 4 is 22.7 Å². The first-order valence-electron chi connectivity index (χ1n) is 6.60. The van der Waals surface area contributed by atoms with Crippen molar-refractivity contribution in [3.63, 3.8) is 0 Å². The third kappa shape index (κ3) is 2.72. The van der Waals surface area contributed by atoms with E-state index in [1.807, 2.05) is 42.5 Å². The van der Waals surface area contributed by atoms with E-state index in [-0.39, 0.29) is 5.95 Å². The predicted octanol–water partition coefficient (Wildman–Crippen LogP) is 2.39. The van der Waals surface area contributed by atoms with Crippen molar-refractivity contribution in [1.82, 2.24) is 9.97 Å². The number of hydrogen-bond donors (Lipinski definition) is 2. The average molecular weight is 280 g/mol. The Morgan fingerprint density at radius 1 is 0.952 bits per heavy atom. The number of fused-ring (bicyclic) bond motifs is 1. The smallest absolute Gasteiger partial charge is 0.222 e. The Kier molecular flexibility index (Phi) is 3.31. The molecule has 5 heteroatoms. The highest BCUT2D eigenvalue weighted by atomic mass is 16.5. The fourth-order valence-electron chi connectivity index (χ4n) is 2.31. The molecule has 3 aromatic rings. The van der Waals surface area contributed by atoms with Gasteiger partial charge in [0.05, 0.1) is 12.6 Å². The molecular weight excluding hydrogens is 264 g/mol. The molecule has 0 unspecified atom stereocenters. The summed E-state index contributed by atoms with van der Waals surface area (Å²) in [6.07, 6.45) is 0.809. The molecule has 1 heterocycles. The monoisotopic (exact) mass is 280 g/mol. The van der Waals surface area contributed by atoms with Gasteiger partial charge in [-0.15, -0.1) is 0 Å². The van der Waals surface area contributed by atoms with Crippen LogP contribution in [0.15, 0.2) is 42.5 Å². The summed E-state index contributed by atoms with van der Waals surface area (Å²) >= 11 is 0. The maximum atomic E-state index is 5.91. The summed E-state index contributed by atoms with van der Waals surface area (Å²) in [5, 5.41) is 0.829. The summed E-state index contributed by atoms with van der Waals surface area (Å²) in [5.41, 5.74) is 14.6. The topological polar surface area (TPSA) is 87.0 Å². The lowest BCUT2D eigenvalue weighted by Crippen LogP contribution is -2.01. The number of hydrogen-bond acceptors (Lipinski definition) is 5. The lowest BCUT2D eigenvalue weighted by atomic mass is 10.0. The van der Waals surface area contributed by atoms with Crippen LogP contribution in [0.5, 0.6) is 5.75 Å². The van der Waals surface area contributed by atoms with E-state index in [1.54, 1.807) is 7.11 Å². The Bertz CT molecular complexity index is 784. The summed E-state index contributed by atoms with van der Waals surface area (Å²) < 4.78 is 5.16. The second-order valence-corrected chi connectivity index (χ2v) is 4.84. The quantitative estimate of drug-likeness (QED) is 0.769. The van der Waals surface area contributed by atoms with Gasteiger partial charge in [0.15, 0.2) is 0 Å². The zero-order valence-electron chi connectivity index (χ0n) is 11.7. The van der Waals surface area contributed by atoms with Crippen LogP contribution in [0.2, 0.25) is 0 Å². The van der Waals surface area contributed by atoms with E-state index in [1.165, 1.54) is 5.56 Å². The van der Waals surface area contributed by atoms with Gasteiger partial charge in [0, 0.05) is 5.39 Å². The van der Waals surface area contributed by atoms with Gasteiger partial charge in [-0.2, -0.15) is 4.98 Å². The molecule has 0 spiro atoms.